The van der Waals surface area contributed by atoms with Crippen molar-refractivity contribution in [3.05, 3.63) is 53.1 Å². The van der Waals surface area contributed by atoms with E-state index in [1.54, 1.807) is 24.3 Å². The summed E-state index contributed by atoms with van der Waals surface area (Å²) in [6, 6.07) is 12.0. The molecule has 0 aromatic heterocycles. The first-order chi connectivity index (χ1) is 16.1. The number of benzene rings is 2. The molecule has 0 radical (unpaired) electrons. The summed E-state index contributed by atoms with van der Waals surface area (Å²) >= 11 is 7.46. The molecule has 1 amide bonds. The quantitative estimate of drug-likeness (QED) is 0.484. The highest BCUT2D eigenvalue weighted by atomic mass is 35.5. The number of rotatable bonds is 9. The predicted octanol–water partition coefficient (Wildman–Crippen LogP) is 4.51. The minimum Gasteiger partial charge on any atom is -0.354 e. The molecule has 1 heterocycles. The Bertz CT molecular complexity index is 1100. The van der Waals surface area contributed by atoms with Crippen LogP contribution < -0.4 is 5.32 Å². The molecule has 2 atom stereocenters. The van der Waals surface area contributed by atoms with Gasteiger partial charge in [-0.3, -0.25) is 4.79 Å². The van der Waals surface area contributed by atoms with Crippen LogP contribution in [0, 0.1) is 11.8 Å². The number of carbonyl (C=O) groups excluding carboxylic acids is 1. The van der Waals surface area contributed by atoms with Gasteiger partial charge in [0.05, 0.1) is 17.0 Å². The fourth-order valence-electron chi connectivity index (χ4n) is 4.08. The van der Waals surface area contributed by atoms with Crippen LogP contribution in [0.5, 0.6) is 0 Å². The van der Waals surface area contributed by atoms with Crippen molar-refractivity contribution in [2.45, 2.75) is 41.2 Å². The monoisotopic (exact) mass is 526 g/mol. The van der Waals surface area contributed by atoms with E-state index < -0.39 is 22.2 Å². The maximum Gasteiger partial charge on any atom is 0.252 e. The molecule has 10 heteroatoms. The van der Waals surface area contributed by atoms with Crippen LogP contribution in [0.4, 0.5) is 0 Å². The van der Waals surface area contributed by atoms with Gasteiger partial charge in [0, 0.05) is 42.1 Å². The van der Waals surface area contributed by atoms with Crippen molar-refractivity contribution in [3.63, 3.8) is 0 Å². The van der Waals surface area contributed by atoms with Gasteiger partial charge >= 0.3 is 0 Å². The number of sulfonamides is 1. The summed E-state index contributed by atoms with van der Waals surface area (Å²) in [5.41, 5.74) is 0.259. The molecule has 0 unspecified atom stereocenters. The summed E-state index contributed by atoms with van der Waals surface area (Å²) in [4.78, 5) is 14.7. The second kappa shape index (κ2) is 11.9. The first-order valence-electron chi connectivity index (χ1n) is 11.1. The number of piperidine rings is 1. The highest BCUT2D eigenvalue weighted by molar-refractivity contribution is 7.99. The normalized spacial score (nSPS) is 19.4. The SMILES string of the molecule is COC(CNC(=O)c1cc(S(=O)(=O)N2C[C@H](C)C[C@H](C)C2)ccc1Sc1cccc(Cl)c1)OC. The number of hydrogen-bond donors (Lipinski definition) is 1. The van der Waals surface area contributed by atoms with E-state index in [9.17, 15) is 13.2 Å². The van der Waals surface area contributed by atoms with Gasteiger partial charge in [0.25, 0.3) is 5.91 Å². The van der Waals surface area contributed by atoms with E-state index in [-0.39, 0.29) is 28.8 Å². The Morgan fingerprint density at radius 2 is 1.82 bits per heavy atom. The van der Waals surface area contributed by atoms with Crippen LogP contribution in [0.3, 0.4) is 0 Å². The third kappa shape index (κ3) is 6.74. The average Bonchev–Trinajstić information content (AvgIpc) is 2.79. The largest absolute Gasteiger partial charge is 0.354 e. The molecule has 1 saturated heterocycles. The molecule has 0 bridgehead atoms. The van der Waals surface area contributed by atoms with Crippen molar-refractivity contribution < 1.29 is 22.7 Å². The lowest BCUT2D eigenvalue weighted by Crippen LogP contribution is -2.42. The summed E-state index contributed by atoms with van der Waals surface area (Å²) in [5, 5.41) is 3.35. The number of ether oxygens (including phenoxy) is 2. The van der Waals surface area contributed by atoms with Crippen LogP contribution in [-0.2, 0) is 19.5 Å². The zero-order chi connectivity index (χ0) is 24.9. The second-order valence-corrected chi connectivity index (χ2v) is 12.1. The number of halogens is 1. The standard InChI is InChI=1S/C24H31ClN2O5S2/c1-16-10-17(2)15-27(14-16)34(29,30)20-8-9-22(33-19-7-5-6-18(25)11-19)21(12-20)24(28)26-13-23(31-3)32-4/h5-9,11-12,16-17,23H,10,13-15H2,1-4H3,(H,26,28)/t16-,17+. The Morgan fingerprint density at radius 3 is 2.44 bits per heavy atom. The van der Waals surface area contributed by atoms with Crippen molar-refractivity contribution in [2.24, 2.45) is 11.8 Å². The smallest absolute Gasteiger partial charge is 0.252 e. The predicted molar refractivity (Wildman–Crippen MR) is 134 cm³/mol. The van der Waals surface area contributed by atoms with Gasteiger partial charge in [-0.05, 0) is 54.7 Å². The molecule has 0 spiro atoms. The van der Waals surface area contributed by atoms with Crippen molar-refractivity contribution >= 4 is 39.3 Å². The van der Waals surface area contributed by atoms with Crippen molar-refractivity contribution in [1.29, 1.82) is 0 Å². The van der Waals surface area contributed by atoms with Gasteiger partial charge in [-0.1, -0.05) is 43.3 Å². The van der Waals surface area contributed by atoms with Crippen molar-refractivity contribution in [2.75, 3.05) is 33.9 Å². The van der Waals surface area contributed by atoms with E-state index in [2.05, 4.69) is 19.2 Å². The minimum absolute atomic E-state index is 0.101. The van der Waals surface area contributed by atoms with Gasteiger partial charge in [-0.2, -0.15) is 4.31 Å². The molecule has 186 valence electrons. The topological polar surface area (TPSA) is 84.9 Å². The Labute approximate surface area is 211 Å². The average molecular weight is 527 g/mol. The van der Waals surface area contributed by atoms with Gasteiger partial charge in [-0.25, -0.2) is 8.42 Å². The number of carbonyl (C=O) groups is 1. The fourth-order valence-corrected chi connectivity index (χ4v) is 7.02. The van der Waals surface area contributed by atoms with Crippen LogP contribution in [0.25, 0.3) is 0 Å². The third-order valence-corrected chi connectivity index (χ3v) is 8.78. The molecular weight excluding hydrogens is 496 g/mol. The van der Waals surface area contributed by atoms with E-state index in [1.165, 1.54) is 36.4 Å². The molecule has 0 aliphatic carbocycles. The summed E-state index contributed by atoms with van der Waals surface area (Å²) in [6.45, 7) is 5.17. The maximum absolute atomic E-state index is 13.5. The zero-order valence-corrected chi connectivity index (χ0v) is 22.2. The first kappa shape index (κ1) is 27.0. The van der Waals surface area contributed by atoms with Crippen molar-refractivity contribution in [3.8, 4) is 0 Å². The lowest BCUT2D eigenvalue weighted by molar-refractivity contribution is -0.0974. The number of nitrogens with zero attached hydrogens (tertiary/aromatic N) is 1. The summed E-state index contributed by atoms with van der Waals surface area (Å²) in [5.74, 6) is 0.138. The van der Waals surface area contributed by atoms with Crippen LogP contribution in [0.1, 0.15) is 30.6 Å². The highest BCUT2D eigenvalue weighted by Gasteiger charge is 2.32. The van der Waals surface area contributed by atoms with Gasteiger partial charge < -0.3 is 14.8 Å². The molecule has 3 rings (SSSR count). The fraction of sp³-hybridized carbons (Fsp3) is 0.458. The van der Waals surface area contributed by atoms with Crippen molar-refractivity contribution in [1.82, 2.24) is 9.62 Å². The number of nitrogens with one attached hydrogen (secondary N) is 1. The zero-order valence-electron chi connectivity index (χ0n) is 19.8. The lowest BCUT2D eigenvalue weighted by Gasteiger charge is -2.34. The van der Waals surface area contributed by atoms with E-state index in [0.29, 0.717) is 23.0 Å². The summed E-state index contributed by atoms with van der Waals surface area (Å²) in [7, 11) is -0.786. The van der Waals surface area contributed by atoms with E-state index in [1.807, 2.05) is 12.1 Å². The summed E-state index contributed by atoms with van der Waals surface area (Å²) in [6.07, 6.45) is 0.380. The van der Waals surface area contributed by atoms with Gasteiger partial charge in [-0.15, -0.1) is 0 Å². The number of methoxy groups -OCH3 is 2. The maximum atomic E-state index is 13.5. The van der Waals surface area contributed by atoms with Crippen LogP contribution >= 0.6 is 23.4 Å². The molecule has 2 aromatic rings. The number of hydrogen-bond acceptors (Lipinski definition) is 6. The molecule has 2 aromatic carbocycles. The molecule has 0 saturated carbocycles. The molecule has 1 N–H and O–H groups in total. The number of amides is 1. The van der Waals surface area contributed by atoms with Crippen LogP contribution in [0.2, 0.25) is 5.02 Å². The van der Waals surface area contributed by atoms with Gasteiger partial charge in [0.15, 0.2) is 6.29 Å². The Hall–Kier alpha value is -1.62. The highest BCUT2D eigenvalue weighted by Crippen LogP contribution is 2.34. The molecule has 1 fully saturated rings. The van der Waals surface area contributed by atoms with E-state index in [0.717, 1.165) is 11.3 Å². The Balaban J connectivity index is 1.96. The lowest BCUT2D eigenvalue weighted by atomic mass is 9.94. The third-order valence-electron chi connectivity index (χ3n) is 5.65. The van der Waals surface area contributed by atoms with Gasteiger partial charge in [0.2, 0.25) is 10.0 Å². The molecule has 7 nitrogen and oxygen atoms in total. The molecule has 1 aliphatic rings. The molecule has 34 heavy (non-hydrogen) atoms. The van der Waals surface area contributed by atoms with Crippen LogP contribution in [0.15, 0.2) is 57.2 Å². The molecule has 1 aliphatic heterocycles. The second-order valence-electron chi connectivity index (χ2n) is 8.60. The summed E-state index contributed by atoms with van der Waals surface area (Å²) < 4.78 is 38.7. The van der Waals surface area contributed by atoms with Crippen LogP contribution in [-0.4, -0.2) is 58.8 Å². The van der Waals surface area contributed by atoms with E-state index >= 15 is 0 Å². The minimum atomic E-state index is -3.75. The Morgan fingerprint density at radius 1 is 1.15 bits per heavy atom. The Kier molecular flexibility index (Phi) is 9.42. The van der Waals surface area contributed by atoms with Gasteiger partial charge in [0.1, 0.15) is 0 Å². The molecular formula is C24H31ClN2O5S2. The first-order valence-corrected chi connectivity index (χ1v) is 13.7. The van der Waals surface area contributed by atoms with E-state index in [4.69, 9.17) is 21.1 Å².